The second-order valence-electron chi connectivity index (χ2n) is 7.90. The molecule has 2 aliphatic heterocycles. The smallest absolute Gasteiger partial charge is 0.254 e. The number of carbonyl (C=O) groups is 2. The zero-order valence-electron chi connectivity index (χ0n) is 16.2. The Bertz CT molecular complexity index is 824. The van der Waals surface area contributed by atoms with Crippen LogP contribution in [0.15, 0.2) is 41.1 Å². The maximum absolute atomic E-state index is 12.6. The van der Waals surface area contributed by atoms with Gasteiger partial charge in [0.25, 0.3) is 5.91 Å². The molecule has 4 rings (SSSR count). The van der Waals surface area contributed by atoms with Gasteiger partial charge in [0.1, 0.15) is 5.75 Å². The molecule has 2 saturated heterocycles. The Labute approximate surface area is 169 Å². The van der Waals surface area contributed by atoms with Crippen LogP contribution in [0.25, 0.3) is 0 Å². The molecule has 28 heavy (non-hydrogen) atoms. The van der Waals surface area contributed by atoms with Gasteiger partial charge in [-0.2, -0.15) is 11.3 Å². The number of methoxy groups -OCH3 is 1. The third kappa shape index (κ3) is 3.92. The second kappa shape index (κ2) is 7.95. The summed E-state index contributed by atoms with van der Waals surface area (Å²) in [5.74, 6) is 1.20. The average molecular weight is 399 g/mol. The molecule has 1 aromatic heterocycles. The van der Waals surface area contributed by atoms with Crippen molar-refractivity contribution in [1.82, 2.24) is 9.80 Å². The van der Waals surface area contributed by atoms with E-state index in [1.54, 1.807) is 18.4 Å². The molecule has 1 aromatic carbocycles. The number of benzene rings is 1. The van der Waals surface area contributed by atoms with Crippen LogP contribution < -0.4 is 4.74 Å². The van der Waals surface area contributed by atoms with Crippen LogP contribution in [0.2, 0.25) is 0 Å². The molecule has 2 amide bonds. The third-order valence-electron chi connectivity index (χ3n) is 6.16. The highest BCUT2D eigenvalue weighted by molar-refractivity contribution is 7.08. The molecule has 0 radical (unpaired) electrons. The summed E-state index contributed by atoms with van der Waals surface area (Å²) in [5, 5.41) is 3.87. The topological polar surface area (TPSA) is 49.9 Å². The van der Waals surface area contributed by atoms with E-state index in [-0.39, 0.29) is 17.2 Å². The maximum Gasteiger partial charge on any atom is 0.254 e. The number of hydrogen-bond acceptors (Lipinski definition) is 4. The van der Waals surface area contributed by atoms with Crippen LogP contribution in [0.1, 0.15) is 41.6 Å². The minimum absolute atomic E-state index is 0.137. The summed E-state index contributed by atoms with van der Waals surface area (Å²) >= 11 is 1.56. The van der Waals surface area contributed by atoms with Gasteiger partial charge >= 0.3 is 0 Å². The molecule has 148 valence electrons. The summed E-state index contributed by atoms with van der Waals surface area (Å²) in [7, 11) is 1.66. The predicted octanol–water partition coefficient (Wildman–Crippen LogP) is 3.80. The molecule has 0 unspecified atom stereocenters. The van der Waals surface area contributed by atoms with Gasteiger partial charge in [-0.15, -0.1) is 0 Å². The van der Waals surface area contributed by atoms with Gasteiger partial charge in [0.05, 0.1) is 12.7 Å². The predicted molar refractivity (Wildman–Crippen MR) is 110 cm³/mol. The van der Waals surface area contributed by atoms with Crippen molar-refractivity contribution in [3.05, 3.63) is 52.2 Å². The average Bonchev–Trinajstić information content (AvgIpc) is 3.26. The van der Waals surface area contributed by atoms with E-state index in [4.69, 9.17) is 4.74 Å². The molecule has 0 N–H and O–H groups in total. The van der Waals surface area contributed by atoms with Crippen molar-refractivity contribution in [1.29, 1.82) is 0 Å². The van der Waals surface area contributed by atoms with Crippen LogP contribution >= 0.6 is 11.3 Å². The van der Waals surface area contributed by atoms with Gasteiger partial charge in [0, 0.05) is 38.0 Å². The molecule has 2 aromatic rings. The van der Waals surface area contributed by atoms with Crippen LogP contribution in [0.3, 0.4) is 0 Å². The van der Waals surface area contributed by atoms with E-state index in [1.165, 1.54) is 0 Å². The third-order valence-corrected chi connectivity index (χ3v) is 6.84. The molecule has 3 heterocycles. The molecule has 6 heteroatoms. The number of nitrogens with zero attached hydrogens (tertiary/aromatic N) is 2. The fraction of sp³-hybridized carbons (Fsp3) is 0.455. The number of piperidine rings is 2. The second-order valence-corrected chi connectivity index (χ2v) is 8.68. The lowest BCUT2D eigenvalue weighted by Gasteiger charge is -2.47. The normalized spacial score (nSPS) is 19.1. The fourth-order valence-corrected chi connectivity index (χ4v) is 4.99. The summed E-state index contributed by atoms with van der Waals surface area (Å²) in [4.78, 5) is 29.1. The Balaban J connectivity index is 1.39. The lowest BCUT2D eigenvalue weighted by Crippen LogP contribution is -2.52. The van der Waals surface area contributed by atoms with E-state index in [0.717, 1.165) is 55.8 Å². The van der Waals surface area contributed by atoms with Gasteiger partial charge in [-0.25, -0.2) is 0 Å². The molecular formula is C22H26N2O3S. The molecule has 2 fully saturated rings. The van der Waals surface area contributed by atoms with Crippen molar-refractivity contribution in [2.24, 2.45) is 5.41 Å². The van der Waals surface area contributed by atoms with Gasteiger partial charge in [-0.1, -0.05) is 12.1 Å². The van der Waals surface area contributed by atoms with Gasteiger partial charge in [-0.3, -0.25) is 9.59 Å². The SMILES string of the molecule is COc1ccc(CN2CC3(CCC2=O)CCN(C(=O)c2ccsc2)CC3)cc1. The number of rotatable bonds is 4. The first kappa shape index (κ1) is 19.0. The fourth-order valence-electron chi connectivity index (χ4n) is 4.36. The van der Waals surface area contributed by atoms with E-state index in [1.807, 2.05) is 50.9 Å². The summed E-state index contributed by atoms with van der Waals surface area (Å²) in [6.07, 6.45) is 3.48. The van der Waals surface area contributed by atoms with E-state index in [0.29, 0.717) is 13.0 Å². The van der Waals surface area contributed by atoms with Crippen molar-refractivity contribution in [2.45, 2.75) is 32.2 Å². The Morgan fingerprint density at radius 2 is 1.89 bits per heavy atom. The van der Waals surface area contributed by atoms with Gasteiger partial charge < -0.3 is 14.5 Å². The van der Waals surface area contributed by atoms with Crippen LogP contribution in [-0.4, -0.2) is 48.4 Å². The first-order valence-corrected chi connectivity index (χ1v) is 10.8. The number of hydrogen-bond donors (Lipinski definition) is 0. The highest BCUT2D eigenvalue weighted by Gasteiger charge is 2.41. The van der Waals surface area contributed by atoms with Crippen molar-refractivity contribution in [3.8, 4) is 5.75 Å². The molecule has 0 bridgehead atoms. The molecule has 0 saturated carbocycles. The molecule has 0 atom stereocenters. The molecule has 2 aliphatic rings. The first-order valence-electron chi connectivity index (χ1n) is 9.81. The summed E-state index contributed by atoms with van der Waals surface area (Å²) < 4.78 is 5.21. The van der Waals surface area contributed by atoms with Crippen molar-refractivity contribution in [3.63, 3.8) is 0 Å². The van der Waals surface area contributed by atoms with E-state index < -0.39 is 0 Å². The van der Waals surface area contributed by atoms with Crippen molar-refractivity contribution < 1.29 is 14.3 Å². The van der Waals surface area contributed by atoms with Crippen molar-refractivity contribution in [2.75, 3.05) is 26.7 Å². The molecule has 0 aliphatic carbocycles. The minimum Gasteiger partial charge on any atom is -0.497 e. The van der Waals surface area contributed by atoms with Crippen LogP contribution in [0, 0.1) is 5.41 Å². The summed E-state index contributed by atoms with van der Waals surface area (Å²) in [6, 6.07) is 9.82. The Morgan fingerprint density at radius 3 is 2.54 bits per heavy atom. The maximum atomic E-state index is 12.6. The summed E-state index contributed by atoms with van der Waals surface area (Å²) in [6.45, 7) is 2.99. The quantitative estimate of drug-likeness (QED) is 0.787. The Kier molecular flexibility index (Phi) is 5.40. The van der Waals surface area contributed by atoms with E-state index in [2.05, 4.69) is 0 Å². The lowest BCUT2D eigenvalue weighted by atomic mass is 9.72. The monoisotopic (exact) mass is 398 g/mol. The highest BCUT2D eigenvalue weighted by Crippen LogP contribution is 2.41. The zero-order valence-corrected chi connectivity index (χ0v) is 17.0. The first-order chi connectivity index (χ1) is 13.6. The Hall–Kier alpha value is -2.34. The van der Waals surface area contributed by atoms with E-state index in [9.17, 15) is 9.59 Å². The molecule has 5 nitrogen and oxygen atoms in total. The van der Waals surface area contributed by atoms with Crippen LogP contribution in [0.4, 0.5) is 0 Å². The van der Waals surface area contributed by atoms with Gasteiger partial charge in [0.2, 0.25) is 5.91 Å². The number of carbonyl (C=O) groups excluding carboxylic acids is 2. The van der Waals surface area contributed by atoms with Crippen LogP contribution in [0.5, 0.6) is 5.75 Å². The minimum atomic E-state index is 0.137. The number of amides is 2. The zero-order chi connectivity index (χ0) is 19.6. The lowest BCUT2D eigenvalue weighted by molar-refractivity contribution is -0.139. The number of likely N-dealkylation sites (tertiary alicyclic amines) is 2. The number of thiophene rings is 1. The standard InChI is InChI=1S/C22H26N2O3S/c1-27-19-4-2-17(3-5-19)14-24-16-22(8-6-20(24)25)9-11-23(12-10-22)21(26)18-7-13-28-15-18/h2-5,7,13,15H,6,8-12,14,16H2,1H3. The van der Waals surface area contributed by atoms with E-state index >= 15 is 0 Å². The molecular weight excluding hydrogens is 372 g/mol. The highest BCUT2D eigenvalue weighted by atomic mass is 32.1. The van der Waals surface area contributed by atoms with Gasteiger partial charge in [-0.05, 0) is 53.8 Å². The summed E-state index contributed by atoms with van der Waals surface area (Å²) in [5.41, 5.74) is 2.06. The van der Waals surface area contributed by atoms with Crippen LogP contribution in [-0.2, 0) is 11.3 Å². The Morgan fingerprint density at radius 1 is 1.14 bits per heavy atom. The van der Waals surface area contributed by atoms with Crippen molar-refractivity contribution >= 4 is 23.2 Å². The number of ether oxygens (including phenoxy) is 1. The largest absolute Gasteiger partial charge is 0.497 e. The van der Waals surface area contributed by atoms with Gasteiger partial charge in [0.15, 0.2) is 0 Å². The molecule has 1 spiro atoms.